The second-order valence-electron chi connectivity index (χ2n) is 16.4. The van der Waals surface area contributed by atoms with Gasteiger partial charge in [0.1, 0.15) is 5.75 Å². The molecule has 0 spiro atoms. The standard InChI is InChI=1S/C58H37BN2O/c1-5-17-38(18-6-1)42-30-32-54-49(36-42)50-37-51-48-27-15-16-28-52(48)60(45-24-11-4-12-25-45)57(51)58-56(50)59(62-54)55-47-26-14-13-23-41(47)29-31-53(55)61(58)46-34-43(39-19-7-2-8-20-39)33-44(35-46)40-21-9-3-10-22-40/h1-37H. The molecule has 0 aliphatic carbocycles. The molecular weight excluding hydrogens is 751 g/mol. The fraction of sp³-hybridized carbons (Fsp3) is 0. The molecule has 0 radical (unpaired) electrons. The van der Waals surface area contributed by atoms with Gasteiger partial charge in [0.2, 0.25) is 0 Å². The molecule has 3 nitrogen and oxygen atoms in total. The van der Waals surface area contributed by atoms with Crippen LogP contribution in [0.25, 0.3) is 82.8 Å². The Morgan fingerprint density at radius 2 is 0.968 bits per heavy atom. The average Bonchev–Trinajstić information content (AvgIpc) is 3.69. The lowest BCUT2D eigenvalue weighted by atomic mass is 9.48. The fourth-order valence-corrected chi connectivity index (χ4v) is 10.2. The van der Waals surface area contributed by atoms with Crippen molar-refractivity contribution in [3.05, 3.63) is 224 Å². The van der Waals surface area contributed by atoms with Crippen LogP contribution in [0.2, 0.25) is 0 Å². The molecule has 1 aromatic heterocycles. The van der Waals surface area contributed by atoms with Gasteiger partial charge in [0, 0.05) is 44.3 Å². The minimum atomic E-state index is -0.370. The summed E-state index contributed by atoms with van der Waals surface area (Å²) in [6.07, 6.45) is 0. The summed E-state index contributed by atoms with van der Waals surface area (Å²) in [4.78, 5) is 2.56. The summed E-state index contributed by atoms with van der Waals surface area (Å²) < 4.78 is 9.95. The number of para-hydroxylation sites is 2. The smallest absolute Gasteiger partial charge is 0.432 e. The summed E-state index contributed by atoms with van der Waals surface area (Å²) in [5.74, 6) is 0.893. The van der Waals surface area contributed by atoms with Crippen molar-refractivity contribution < 1.29 is 4.65 Å². The third-order valence-electron chi connectivity index (χ3n) is 12.9. The van der Waals surface area contributed by atoms with E-state index in [-0.39, 0.29) is 6.92 Å². The number of anilines is 3. The Kier molecular flexibility index (Phi) is 7.70. The zero-order chi connectivity index (χ0) is 40.7. The molecule has 0 amide bonds. The first-order valence-electron chi connectivity index (χ1n) is 21.4. The van der Waals surface area contributed by atoms with Gasteiger partial charge in [-0.15, -0.1) is 0 Å². The molecule has 0 unspecified atom stereocenters. The summed E-state index contributed by atoms with van der Waals surface area (Å²) in [6.45, 7) is -0.370. The Hall–Kier alpha value is -8.08. The van der Waals surface area contributed by atoms with Gasteiger partial charge in [0.15, 0.2) is 0 Å². The van der Waals surface area contributed by atoms with E-state index in [1.54, 1.807) is 0 Å². The van der Waals surface area contributed by atoms with Crippen molar-refractivity contribution in [2.75, 3.05) is 4.90 Å². The van der Waals surface area contributed by atoms with E-state index in [0.29, 0.717) is 0 Å². The second kappa shape index (κ2) is 13.7. The molecule has 13 rings (SSSR count). The quantitative estimate of drug-likeness (QED) is 0.162. The zero-order valence-corrected chi connectivity index (χ0v) is 33.7. The van der Waals surface area contributed by atoms with Crippen LogP contribution in [0, 0.1) is 0 Å². The van der Waals surface area contributed by atoms with E-state index >= 15 is 0 Å². The van der Waals surface area contributed by atoms with Gasteiger partial charge in [-0.25, -0.2) is 0 Å². The van der Waals surface area contributed by atoms with Gasteiger partial charge in [-0.1, -0.05) is 164 Å². The molecule has 0 atom stereocenters. The summed E-state index contributed by atoms with van der Waals surface area (Å²) in [5.41, 5.74) is 18.4. The number of fused-ring (bicyclic) bond motifs is 10. The number of hydrogen-bond donors (Lipinski definition) is 0. The van der Waals surface area contributed by atoms with Crippen molar-refractivity contribution in [3.63, 3.8) is 0 Å². The van der Waals surface area contributed by atoms with Crippen LogP contribution in [0.15, 0.2) is 224 Å². The topological polar surface area (TPSA) is 17.4 Å². The van der Waals surface area contributed by atoms with E-state index in [1.807, 2.05) is 0 Å². The fourth-order valence-electron chi connectivity index (χ4n) is 10.2. The summed E-state index contributed by atoms with van der Waals surface area (Å²) in [7, 11) is 0. The predicted octanol–water partition coefficient (Wildman–Crippen LogP) is 13.9. The van der Waals surface area contributed by atoms with E-state index in [1.165, 1.54) is 54.7 Å². The van der Waals surface area contributed by atoms with Crippen LogP contribution in [0.5, 0.6) is 5.75 Å². The Morgan fingerprint density at radius 1 is 0.371 bits per heavy atom. The summed E-state index contributed by atoms with van der Waals surface area (Å²) >= 11 is 0. The van der Waals surface area contributed by atoms with Crippen molar-refractivity contribution in [2.45, 2.75) is 0 Å². The summed E-state index contributed by atoms with van der Waals surface area (Å²) in [6, 6.07) is 81.6. The van der Waals surface area contributed by atoms with E-state index < -0.39 is 0 Å². The van der Waals surface area contributed by atoms with Gasteiger partial charge >= 0.3 is 6.92 Å². The lowest BCUT2D eigenvalue weighted by molar-refractivity contribution is 0.590. The van der Waals surface area contributed by atoms with Gasteiger partial charge in [0.05, 0.1) is 16.7 Å². The van der Waals surface area contributed by atoms with Gasteiger partial charge in [0.25, 0.3) is 0 Å². The number of benzene rings is 10. The van der Waals surface area contributed by atoms with Crippen LogP contribution in [-0.2, 0) is 0 Å². The van der Waals surface area contributed by atoms with Crippen molar-refractivity contribution in [2.24, 2.45) is 0 Å². The van der Waals surface area contributed by atoms with Crippen LogP contribution in [0.4, 0.5) is 17.1 Å². The van der Waals surface area contributed by atoms with Gasteiger partial charge in [-0.2, -0.15) is 0 Å². The minimum absolute atomic E-state index is 0.370. The zero-order valence-electron chi connectivity index (χ0n) is 33.7. The van der Waals surface area contributed by atoms with Crippen LogP contribution in [-0.4, -0.2) is 11.5 Å². The Labute approximate surface area is 360 Å². The molecule has 10 aromatic carbocycles. The van der Waals surface area contributed by atoms with E-state index in [9.17, 15) is 0 Å². The lowest BCUT2D eigenvalue weighted by Crippen LogP contribution is -2.56. The van der Waals surface area contributed by atoms with E-state index in [4.69, 9.17) is 4.65 Å². The molecule has 0 fully saturated rings. The highest BCUT2D eigenvalue weighted by atomic mass is 16.4. The van der Waals surface area contributed by atoms with Gasteiger partial charge in [-0.05, 0) is 110 Å². The second-order valence-corrected chi connectivity index (χ2v) is 16.4. The molecule has 4 heteroatoms. The van der Waals surface area contributed by atoms with Crippen molar-refractivity contribution in [1.29, 1.82) is 0 Å². The van der Waals surface area contributed by atoms with Crippen molar-refractivity contribution >= 4 is 67.5 Å². The Morgan fingerprint density at radius 3 is 1.66 bits per heavy atom. The lowest BCUT2D eigenvalue weighted by Gasteiger charge is -2.41. The largest absolute Gasteiger partial charge is 0.551 e. The van der Waals surface area contributed by atoms with Gasteiger partial charge < -0.3 is 14.1 Å². The average molecular weight is 789 g/mol. The Balaban J connectivity index is 1.22. The third kappa shape index (κ3) is 5.27. The molecule has 62 heavy (non-hydrogen) atoms. The normalized spacial score (nSPS) is 12.6. The van der Waals surface area contributed by atoms with E-state index in [0.717, 1.165) is 61.8 Å². The predicted molar refractivity (Wildman–Crippen MR) is 260 cm³/mol. The van der Waals surface area contributed by atoms with Crippen LogP contribution < -0.4 is 20.5 Å². The molecule has 0 N–H and O–H groups in total. The van der Waals surface area contributed by atoms with Crippen molar-refractivity contribution in [3.8, 4) is 55.9 Å². The number of rotatable bonds is 5. The monoisotopic (exact) mass is 788 g/mol. The highest BCUT2D eigenvalue weighted by molar-refractivity contribution is 6.88. The number of aromatic nitrogens is 1. The first-order chi connectivity index (χ1) is 30.8. The molecule has 0 saturated carbocycles. The molecule has 288 valence electrons. The highest BCUT2D eigenvalue weighted by Gasteiger charge is 2.45. The van der Waals surface area contributed by atoms with Gasteiger partial charge in [-0.3, -0.25) is 0 Å². The first kappa shape index (κ1) is 34.8. The Bertz CT molecular complexity index is 3490. The maximum atomic E-state index is 7.47. The summed E-state index contributed by atoms with van der Waals surface area (Å²) in [5, 5.41) is 4.78. The van der Waals surface area contributed by atoms with E-state index in [2.05, 4.69) is 234 Å². The molecule has 0 saturated heterocycles. The minimum Gasteiger partial charge on any atom is -0.551 e. The van der Waals surface area contributed by atoms with Crippen molar-refractivity contribution in [1.82, 2.24) is 4.57 Å². The molecule has 11 aromatic rings. The third-order valence-corrected chi connectivity index (χ3v) is 12.9. The SMILES string of the molecule is c1ccc(-c2cc(-c3ccccc3)cc(N3c4ccc5ccccc5c4B4Oc5ccc(-c6ccccc6)cc5-c5cc6c7ccccc7n(-c7ccccc7)c6c3c54)c2)cc1. The van der Waals surface area contributed by atoms with Crippen LogP contribution in [0.3, 0.4) is 0 Å². The molecule has 2 aliphatic heterocycles. The molecule has 2 aliphatic rings. The maximum absolute atomic E-state index is 7.47. The first-order valence-corrected chi connectivity index (χ1v) is 21.4. The number of hydrogen-bond acceptors (Lipinski definition) is 2. The number of nitrogens with zero attached hydrogens (tertiary/aromatic N) is 2. The maximum Gasteiger partial charge on any atom is 0.432 e. The van der Waals surface area contributed by atoms with Crippen LogP contribution >= 0.6 is 0 Å². The molecule has 3 heterocycles. The highest BCUT2D eigenvalue weighted by Crippen LogP contribution is 2.51. The van der Waals surface area contributed by atoms with Crippen LogP contribution in [0.1, 0.15) is 0 Å². The molecular formula is C58H37BN2O. The molecule has 0 bridgehead atoms.